The third kappa shape index (κ3) is 3.00. The molecular weight excluding hydrogens is 248 g/mol. The number of hydrogen-bond acceptors (Lipinski definition) is 3. The van der Waals surface area contributed by atoms with Gasteiger partial charge in [0.15, 0.2) is 0 Å². The molecule has 1 N–H and O–H groups in total. The first kappa shape index (κ1) is 14.1. The van der Waals surface area contributed by atoms with E-state index in [4.69, 9.17) is 4.74 Å². The van der Waals surface area contributed by atoms with Gasteiger partial charge >= 0.3 is 12.0 Å². The molecule has 0 aromatic carbocycles. The summed E-state index contributed by atoms with van der Waals surface area (Å²) in [6.45, 7) is 4.49. The maximum atomic E-state index is 12.5. The van der Waals surface area contributed by atoms with Gasteiger partial charge in [-0.05, 0) is 26.2 Å². The number of nitrogens with zero attached hydrogens (tertiary/aromatic N) is 2. The molecule has 6 heteroatoms. The smallest absolute Gasteiger partial charge is 0.320 e. The van der Waals surface area contributed by atoms with Crippen molar-refractivity contribution in [2.45, 2.75) is 32.2 Å². The number of carboxylic acids is 1. The van der Waals surface area contributed by atoms with Crippen LogP contribution in [0, 0.1) is 5.92 Å². The molecule has 2 unspecified atom stereocenters. The van der Waals surface area contributed by atoms with Crippen LogP contribution in [0.25, 0.3) is 0 Å². The SMILES string of the molecule is CCN(C(=O)N1CCCCC1)C1COCC1C(=O)O. The van der Waals surface area contributed by atoms with Crippen LogP contribution < -0.4 is 0 Å². The van der Waals surface area contributed by atoms with Gasteiger partial charge in [-0.2, -0.15) is 0 Å². The van der Waals surface area contributed by atoms with Crippen molar-refractivity contribution in [3.63, 3.8) is 0 Å². The Balaban J connectivity index is 2.05. The molecule has 0 aromatic heterocycles. The normalized spacial score (nSPS) is 27.3. The second-order valence-electron chi connectivity index (χ2n) is 5.17. The number of piperidine rings is 1. The second-order valence-corrected chi connectivity index (χ2v) is 5.17. The largest absolute Gasteiger partial charge is 0.481 e. The fraction of sp³-hybridized carbons (Fsp3) is 0.846. The number of aliphatic carboxylic acids is 1. The van der Waals surface area contributed by atoms with Gasteiger partial charge in [-0.25, -0.2) is 4.79 Å². The molecule has 0 aromatic rings. The summed E-state index contributed by atoms with van der Waals surface area (Å²) >= 11 is 0. The van der Waals surface area contributed by atoms with Crippen molar-refractivity contribution in [3.05, 3.63) is 0 Å². The number of amides is 2. The highest BCUT2D eigenvalue weighted by Gasteiger charge is 2.40. The maximum Gasteiger partial charge on any atom is 0.320 e. The standard InChI is InChI=1S/C13H22N2O4/c1-2-15(11-9-19-8-10(11)12(16)17)13(18)14-6-4-3-5-7-14/h10-11H,2-9H2,1H3,(H,16,17). The van der Waals surface area contributed by atoms with Crippen LogP contribution in [-0.2, 0) is 9.53 Å². The van der Waals surface area contributed by atoms with E-state index in [-0.39, 0.29) is 18.7 Å². The molecule has 2 rings (SSSR count). The summed E-state index contributed by atoms with van der Waals surface area (Å²) in [4.78, 5) is 27.2. The van der Waals surface area contributed by atoms with E-state index in [0.29, 0.717) is 13.2 Å². The summed E-state index contributed by atoms with van der Waals surface area (Å²) in [5.41, 5.74) is 0. The first-order valence-electron chi connectivity index (χ1n) is 7.01. The molecule has 0 spiro atoms. The van der Waals surface area contributed by atoms with E-state index in [2.05, 4.69) is 0 Å². The van der Waals surface area contributed by atoms with E-state index in [1.807, 2.05) is 11.8 Å². The van der Waals surface area contributed by atoms with Gasteiger partial charge in [0.25, 0.3) is 0 Å². The number of urea groups is 1. The molecule has 0 saturated carbocycles. The molecule has 6 nitrogen and oxygen atoms in total. The lowest BCUT2D eigenvalue weighted by molar-refractivity contribution is -0.142. The van der Waals surface area contributed by atoms with Gasteiger partial charge in [0.05, 0.1) is 19.3 Å². The molecule has 2 fully saturated rings. The van der Waals surface area contributed by atoms with Crippen LogP contribution >= 0.6 is 0 Å². The lowest BCUT2D eigenvalue weighted by Crippen LogP contribution is -2.52. The molecular formula is C13H22N2O4. The topological polar surface area (TPSA) is 70.1 Å². The van der Waals surface area contributed by atoms with Crippen LogP contribution in [0.2, 0.25) is 0 Å². The minimum Gasteiger partial charge on any atom is -0.481 e. The highest BCUT2D eigenvalue weighted by Crippen LogP contribution is 2.22. The average Bonchev–Trinajstić information content (AvgIpc) is 2.90. The average molecular weight is 270 g/mol. The Morgan fingerprint density at radius 1 is 1.26 bits per heavy atom. The van der Waals surface area contributed by atoms with Gasteiger partial charge in [0, 0.05) is 19.6 Å². The summed E-state index contributed by atoms with van der Waals surface area (Å²) < 4.78 is 5.26. The highest BCUT2D eigenvalue weighted by atomic mass is 16.5. The highest BCUT2D eigenvalue weighted by molar-refractivity contribution is 5.77. The van der Waals surface area contributed by atoms with Gasteiger partial charge in [-0.1, -0.05) is 0 Å². The van der Waals surface area contributed by atoms with Gasteiger partial charge in [0.2, 0.25) is 0 Å². The van der Waals surface area contributed by atoms with Crippen LogP contribution in [0.4, 0.5) is 4.79 Å². The van der Waals surface area contributed by atoms with E-state index >= 15 is 0 Å². The zero-order valence-electron chi connectivity index (χ0n) is 11.4. The minimum absolute atomic E-state index is 0.0380. The number of hydrogen-bond donors (Lipinski definition) is 1. The van der Waals surface area contributed by atoms with Crippen LogP contribution in [0.5, 0.6) is 0 Å². The van der Waals surface area contributed by atoms with Crippen LogP contribution in [0.1, 0.15) is 26.2 Å². The summed E-state index contributed by atoms with van der Waals surface area (Å²) in [6, 6.07) is -0.374. The van der Waals surface area contributed by atoms with Gasteiger partial charge in [-0.15, -0.1) is 0 Å². The van der Waals surface area contributed by atoms with E-state index in [1.165, 1.54) is 6.42 Å². The molecule has 2 amide bonds. The third-order valence-electron chi connectivity index (χ3n) is 3.98. The molecule has 0 radical (unpaired) electrons. The lowest BCUT2D eigenvalue weighted by Gasteiger charge is -2.36. The Morgan fingerprint density at radius 2 is 1.95 bits per heavy atom. The Hall–Kier alpha value is -1.30. The Morgan fingerprint density at radius 3 is 2.53 bits per heavy atom. The molecule has 0 aliphatic carbocycles. The molecule has 2 aliphatic rings. The monoisotopic (exact) mass is 270 g/mol. The Bertz CT molecular complexity index is 342. The van der Waals surface area contributed by atoms with Crippen molar-refractivity contribution in [2.24, 2.45) is 5.92 Å². The zero-order valence-corrected chi connectivity index (χ0v) is 11.4. The second kappa shape index (κ2) is 6.23. The molecule has 2 atom stereocenters. The third-order valence-corrected chi connectivity index (χ3v) is 3.98. The summed E-state index contributed by atoms with van der Waals surface area (Å²) in [7, 11) is 0. The summed E-state index contributed by atoms with van der Waals surface area (Å²) in [5.74, 6) is -1.49. The molecule has 2 heterocycles. The number of carbonyl (C=O) groups is 2. The van der Waals surface area contributed by atoms with Crippen molar-refractivity contribution in [1.82, 2.24) is 9.80 Å². The molecule has 2 saturated heterocycles. The van der Waals surface area contributed by atoms with Gasteiger partial charge in [-0.3, -0.25) is 4.79 Å². The van der Waals surface area contributed by atoms with Crippen molar-refractivity contribution in [3.8, 4) is 0 Å². The van der Waals surface area contributed by atoms with E-state index in [1.54, 1.807) is 4.90 Å². The van der Waals surface area contributed by atoms with Crippen molar-refractivity contribution < 1.29 is 19.4 Å². The quantitative estimate of drug-likeness (QED) is 0.831. The number of rotatable bonds is 3. The first-order valence-corrected chi connectivity index (χ1v) is 7.01. The Labute approximate surface area is 113 Å². The molecule has 19 heavy (non-hydrogen) atoms. The van der Waals surface area contributed by atoms with Crippen LogP contribution in [0.15, 0.2) is 0 Å². The number of carboxylic acid groups (broad SMARTS) is 1. The summed E-state index contributed by atoms with van der Waals surface area (Å²) in [6.07, 6.45) is 3.24. The lowest BCUT2D eigenvalue weighted by atomic mass is 10.0. The van der Waals surface area contributed by atoms with E-state index in [9.17, 15) is 14.7 Å². The number of likely N-dealkylation sites (tertiary alicyclic amines) is 1. The van der Waals surface area contributed by atoms with Gasteiger partial charge in [0.1, 0.15) is 5.92 Å². The molecule has 2 aliphatic heterocycles. The zero-order chi connectivity index (χ0) is 13.8. The predicted molar refractivity (Wildman–Crippen MR) is 68.9 cm³/mol. The predicted octanol–water partition coefficient (Wildman–Crippen LogP) is 1.01. The number of likely N-dealkylation sites (N-methyl/N-ethyl adjacent to an activating group) is 1. The maximum absolute atomic E-state index is 12.5. The molecule has 0 bridgehead atoms. The number of carbonyl (C=O) groups excluding carboxylic acids is 1. The first-order chi connectivity index (χ1) is 9.15. The fourth-order valence-electron chi connectivity index (χ4n) is 2.86. The van der Waals surface area contributed by atoms with Crippen molar-refractivity contribution in [1.29, 1.82) is 0 Å². The minimum atomic E-state index is -0.882. The summed E-state index contributed by atoms with van der Waals surface area (Å²) in [5, 5.41) is 9.19. The van der Waals surface area contributed by atoms with Crippen LogP contribution in [-0.4, -0.2) is 65.8 Å². The number of ether oxygens (including phenoxy) is 1. The molecule has 108 valence electrons. The van der Waals surface area contributed by atoms with E-state index < -0.39 is 11.9 Å². The van der Waals surface area contributed by atoms with Gasteiger partial charge < -0.3 is 19.6 Å². The van der Waals surface area contributed by atoms with E-state index in [0.717, 1.165) is 25.9 Å². The fourth-order valence-corrected chi connectivity index (χ4v) is 2.86. The van der Waals surface area contributed by atoms with Crippen molar-refractivity contribution in [2.75, 3.05) is 32.8 Å². The van der Waals surface area contributed by atoms with Crippen LogP contribution in [0.3, 0.4) is 0 Å². The van der Waals surface area contributed by atoms with Crippen molar-refractivity contribution >= 4 is 12.0 Å². The Kier molecular flexibility index (Phi) is 4.63.